The molecule has 1 aliphatic heterocycles. The average Bonchev–Trinajstić information content (AvgIpc) is 3.36. The van der Waals surface area contributed by atoms with Crippen molar-refractivity contribution in [3.8, 4) is 5.75 Å². The van der Waals surface area contributed by atoms with Gasteiger partial charge in [-0.1, -0.05) is 42.5 Å². The summed E-state index contributed by atoms with van der Waals surface area (Å²) in [6, 6.07) is 12.8. The van der Waals surface area contributed by atoms with Gasteiger partial charge in [-0.15, -0.1) is 5.10 Å². The zero-order valence-corrected chi connectivity index (χ0v) is 24.1. The number of aromatic nitrogens is 3. The lowest BCUT2D eigenvalue weighted by Crippen LogP contribution is -2.35. The molecule has 0 amide bonds. The highest BCUT2D eigenvalue weighted by Crippen LogP contribution is 2.35. The summed E-state index contributed by atoms with van der Waals surface area (Å²) >= 11 is 0. The highest BCUT2D eigenvalue weighted by Gasteiger charge is 2.33. The molecule has 0 saturated carbocycles. The second-order valence-electron chi connectivity index (χ2n) is 10.2. The van der Waals surface area contributed by atoms with Crippen molar-refractivity contribution in [1.29, 1.82) is 0 Å². The number of aryl methyl sites for hydroxylation is 2. The van der Waals surface area contributed by atoms with Crippen LogP contribution >= 0.6 is 0 Å². The summed E-state index contributed by atoms with van der Waals surface area (Å²) < 4.78 is 41.7. The Morgan fingerprint density at radius 1 is 1.21 bits per heavy atom. The minimum atomic E-state index is -3.77. The van der Waals surface area contributed by atoms with Gasteiger partial charge >= 0.3 is 5.97 Å². The minimum Gasteiger partial charge on any atom is -0.488 e. The molecule has 0 N–H and O–H groups in total. The van der Waals surface area contributed by atoms with Crippen LogP contribution < -0.4 is 4.74 Å². The summed E-state index contributed by atoms with van der Waals surface area (Å²) in [4.78, 5) is 12.8. The lowest BCUT2D eigenvalue weighted by atomic mass is 9.85. The van der Waals surface area contributed by atoms with E-state index in [1.54, 1.807) is 35.9 Å². The number of carbonyl (C=O) groups excluding carboxylic acids is 1. The van der Waals surface area contributed by atoms with E-state index in [2.05, 4.69) is 17.2 Å². The Morgan fingerprint density at radius 2 is 1.97 bits per heavy atom. The zero-order valence-electron chi connectivity index (χ0n) is 23.3. The van der Waals surface area contributed by atoms with Crippen molar-refractivity contribution in [3.63, 3.8) is 0 Å². The number of sulfonamides is 1. The first-order valence-corrected chi connectivity index (χ1v) is 15.0. The van der Waals surface area contributed by atoms with E-state index in [0.717, 1.165) is 28.9 Å². The van der Waals surface area contributed by atoms with Crippen LogP contribution in [0, 0.1) is 6.92 Å². The van der Waals surface area contributed by atoms with Crippen LogP contribution in [0.4, 0.5) is 0 Å². The largest absolute Gasteiger partial charge is 0.488 e. The topological polar surface area (TPSA) is 104 Å². The van der Waals surface area contributed by atoms with Crippen molar-refractivity contribution in [1.82, 2.24) is 19.3 Å². The van der Waals surface area contributed by atoms with Gasteiger partial charge in [0.2, 0.25) is 10.0 Å². The van der Waals surface area contributed by atoms with Crippen LogP contribution in [0.3, 0.4) is 0 Å². The molecule has 0 radical (unpaired) electrons. The Labute approximate surface area is 231 Å². The van der Waals surface area contributed by atoms with Gasteiger partial charge in [0.1, 0.15) is 16.7 Å². The average molecular weight is 555 g/mol. The van der Waals surface area contributed by atoms with Crippen LogP contribution in [-0.2, 0) is 32.6 Å². The normalized spacial score (nSPS) is 18.4. The maximum atomic E-state index is 13.6. The molecular weight excluding hydrogens is 516 g/mol. The molecule has 3 atom stereocenters. The fourth-order valence-electron chi connectivity index (χ4n) is 4.99. The summed E-state index contributed by atoms with van der Waals surface area (Å²) in [6.45, 7) is 11.2. The molecule has 2 aromatic carbocycles. The van der Waals surface area contributed by atoms with Crippen LogP contribution in [0.5, 0.6) is 5.75 Å². The first-order chi connectivity index (χ1) is 18.6. The van der Waals surface area contributed by atoms with Gasteiger partial charge in [-0.05, 0) is 68.9 Å². The number of carbonyl (C=O) groups is 1. The van der Waals surface area contributed by atoms with Crippen molar-refractivity contribution >= 4 is 16.0 Å². The first-order valence-electron chi connectivity index (χ1n) is 13.5. The van der Waals surface area contributed by atoms with Crippen LogP contribution in [0.25, 0.3) is 0 Å². The minimum absolute atomic E-state index is 0.0648. The van der Waals surface area contributed by atoms with E-state index in [-0.39, 0.29) is 48.3 Å². The number of nitrogens with zero attached hydrogens (tertiary/aromatic N) is 4. The predicted molar refractivity (Wildman–Crippen MR) is 148 cm³/mol. The van der Waals surface area contributed by atoms with Crippen LogP contribution in [-0.4, -0.2) is 52.9 Å². The number of fused-ring (bicyclic) bond motifs is 1. The predicted octanol–water partition coefficient (Wildman–Crippen LogP) is 4.81. The summed E-state index contributed by atoms with van der Waals surface area (Å²) in [5.41, 5.74) is 3.71. The summed E-state index contributed by atoms with van der Waals surface area (Å²) in [6.07, 6.45) is 2.53. The first kappa shape index (κ1) is 28.8. The van der Waals surface area contributed by atoms with Crippen LogP contribution in [0.2, 0.25) is 0 Å². The second kappa shape index (κ2) is 12.3. The van der Waals surface area contributed by atoms with Crippen molar-refractivity contribution in [3.05, 3.63) is 71.0 Å². The molecule has 39 heavy (non-hydrogen) atoms. The van der Waals surface area contributed by atoms with Gasteiger partial charge in [-0.3, -0.25) is 9.48 Å². The van der Waals surface area contributed by atoms with Crippen molar-refractivity contribution in [2.45, 2.75) is 83.4 Å². The van der Waals surface area contributed by atoms with Crippen LogP contribution in [0.1, 0.15) is 74.8 Å². The molecule has 0 fully saturated rings. The van der Waals surface area contributed by atoms with Crippen molar-refractivity contribution < 1.29 is 22.7 Å². The fourth-order valence-corrected chi connectivity index (χ4v) is 6.61. The van der Waals surface area contributed by atoms with Crippen molar-refractivity contribution in [2.75, 3.05) is 13.2 Å². The number of benzene rings is 2. The van der Waals surface area contributed by atoms with Crippen LogP contribution in [0.15, 0.2) is 53.6 Å². The molecule has 0 saturated heterocycles. The molecule has 10 heteroatoms. The molecule has 0 bridgehead atoms. The van der Waals surface area contributed by atoms with E-state index in [0.29, 0.717) is 18.8 Å². The summed E-state index contributed by atoms with van der Waals surface area (Å²) in [5, 5.41) is 8.48. The molecule has 0 spiro atoms. The Hall–Kier alpha value is -3.24. The van der Waals surface area contributed by atoms with Gasteiger partial charge in [0, 0.05) is 25.2 Å². The molecular formula is C29H38N4O5S. The van der Waals surface area contributed by atoms with Gasteiger partial charge in [0.25, 0.3) is 0 Å². The number of esters is 1. The zero-order chi connectivity index (χ0) is 28.2. The highest BCUT2D eigenvalue weighted by molar-refractivity contribution is 7.89. The Morgan fingerprint density at radius 3 is 2.69 bits per heavy atom. The van der Waals surface area contributed by atoms with Gasteiger partial charge < -0.3 is 9.47 Å². The van der Waals surface area contributed by atoms with E-state index >= 15 is 0 Å². The van der Waals surface area contributed by atoms with Gasteiger partial charge in [-0.25, -0.2) is 8.42 Å². The highest BCUT2D eigenvalue weighted by atomic mass is 32.2. The molecule has 4 rings (SSSR count). The van der Waals surface area contributed by atoms with E-state index in [9.17, 15) is 13.2 Å². The van der Waals surface area contributed by atoms with E-state index < -0.39 is 10.0 Å². The number of hydrogen-bond donors (Lipinski definition) is 0. The fraction of sp³-hybridized carbons (Fsp3) is 0.483. The number of para-hydroxylation sites is 1. The molecule has 1 aliphatic rings. The number of rotatable bonds is 10. The summed E-state index contributed by atoms with van der Waals surface area (Å²) in [5.74, 6) is 0.0528. The molecule has 9 nitrogen and oxygen atoms in total. The summed E-state index contributed by atoms with van der Waals surface area (Å²) in [7, 11) is -3.77. The Bertz CT molecular complexity index is 1400. The lowest BCUT2D eigenvalue weighted by Gasteiger charge is -2.24. The van der Waals surface area contributed by atoms with Gasteiger partial charge in [-0.2, -0.15) is 4.31 Å². The molecule has 1 aromatic heterocycles. The Kier molecular flexibility index (Phi) is 9.07. The van der Waals surface area contributed by atoms with Crippen molar-refractivity contribution in [2.24, 2.45) is 0 Å². The van der Waals surface area contributed by atoms with E-state index in [1.807, 2.05) is 45.2 Å². The SMILES string of the molecule is CCOC(=O)CC(CC(C)c1cn(CC)nn1)c1ccc(C)c(CN2C[C@@H](C)Oc3ccccc3S2(=O)=O)c1. The van der Waals surface area contributed by atoms with E-state index in [4.69, 9.17) is 9.47 Å². The van der Waals surface area contributed by atoms with Gasteiger partial charge in [0.05, 0.1) is 25.3 Å². The smallest absolute Gasteiger partial charge is 0.306 e. The third-order valence-corrected chi connectivity index (χ3v) is 9.04. The maximum absolute atomic E-state index is 13.6. The Balaban J connectivity index is 1.64. The third kappa shape index (κ3) is 6.67. The number of hydrogen-bond acceptors (Lipinski definition) is 7. The van der Waals surface area contributed by atoms with Gasteiger partial charge in [0.15, 0.2) is 0 Å². The maximum Gasteiger partial charge on any atom is 0.306 e. The van der Waals surface area contributed by atoms with E-state index in [1.165, 1.54) is 4.31 Å². The monoisotopic (exact) mass is 554 g/mol. The second-order valence-corrected chi connectivity index (χ2v) is 12.1. The lowest BCUT2D eigenvalue weighted by molar-refractivity contribution is -0.143. The molecule has 2 heterocycles. The molecule has 0 aliphatic carbocycles. The molecule has 2 unspecified atom stereocenters. The molecule has 3 aromatic rings. The third-order valence-electron chi connectivity index (χ3n) is 7.19. The quantitative estimate of drug-likeness (QED) is 0.331. The molecule has 210 valence electrons. The standard InChI is InChI=1S/C29H38N4O5S/c1-6-32-19-26(30-31-32)21(4)14-24(16-29(34)37-7-2)23-13-12-20(3)25(15-23)18-33-17-22(5)38-27-10-8-9-11-28(27)39(33,35)36/h8-13,15,19,21-22,24H,6-7,14,16-18H2,1-5H3/t21?,22-,24?/m1/s1. The number of ether oxygens (including phenoxy) is 2.